The summed E-state index contributed by atoms with van der Waals surface area (Å²) in [5.41, 5.74) is 5.02. The molecule has 0 saturated heterocycles. The molecule has 104 valence electrons. The van der Waals surface area contributed by atoms with Gasteiger partial charge in [0.25, 0.3) is 0 Å². The molecular weight excluding hydrogens is 261 g/mol. The van der Waals surface area contributed by atoms with E-state index in [0.717, 1.165) is 28.8 Å². The topological polar surface area (TPSA) is 12.9 Å². The minimum atomic E-state index is -0.245. The molecule has 2 heteroatoms. The minimum Gasteiger partial charge on any atom is -0.256 e. The van der Waals surface area contributed by atoms with Gasteiger partial charge in [-0.05, 0) is 35.7 Å². The lowest BCUT2D eigenvalue weighted by molar-refractivity contribution is 0.628. The van der Waals surface area contributed by atoms with Crippen LogP contribution >= 0.6 is 0 Å². The molecular formula is C19H16FN. The molecule has 0 radical (unpaired) electrons. The van der Waals surface area contributed by atoms with Crippen LogP contribution in [0.25, 0.3) is 22.4 Å². The number of nitrogens with zero attached hydrogens (tertiary/aromatic N) is 1. The van der Waals surface area contributed by atoms with Gasteiger partial charge in [-0.25, -0.2) is 4.39 Å². The van der Waals surface area contributed by atoms with Crippen LogP contribution in [-0.2, 0) is 6.42 Å². The van der Waals surface area contributed by atoms with Gasteiger partial charge in [0.15, 0.2) is 0 Å². The van der Waals surface area contributed by atoms with Crippen molar-refractivity contribution >= 4 is 0 Å². The normalized spacial score (nSPS) is 10.6. The van der Waals surface area contributed by atoms with Crippen LogP contribution in [0.15, 0.2) is 66.9 Å². The van der Waals surface area contributed by atoms with Gasteiger partial charge in [0, 0.05) is 17.3 Å². The molecule has 0 amide bonds. The zero-order valence-corrected chi connectivity index (χ0v) is 11.9. The Balaban J connectivity index is 2.11. The van der Waals surface area contributed by atoms with Crippen LogP contribution in [-0.4, -0.2) is 4.98 Å². The second-order valence-electron chi connectivity index (χ2n) is 4.96. The Bertz CT molecular complexity index is 748. The van der Waals surface area contributed by atoms with Crippen LogP contribution in [0.3, 0.4) is 0 Å². The molecule has 0 bridgehead atoms. The van der Waals surface area contributed by atoms with Crippen LogP contribution in [0, 0.1) is 5.82 Å². The van der Waals surface area contributed by atoms with Crippen molar-refractivity contribution in [2.45, 2.75) is 13.3 Å². The summed E-state index contributed by atoms with van der Waals surface area (Å²) in [6.07, 6.45) is 2.76. The van der Waals surface area contributed by atoms with Crippen LogP contribution in [0.5, 0.6) is 0 Å². The Morgan fingerprint density at radius 2 is 1.71 bits per heavy atom. The highest BCUT2D eigenvalue weighted by Crippen LogP contribution is 2.30. The molecule has 3 aromatic rings. The molecule has 1 heterocycles. The van der Waals surface area contributed by atoms with E-state index in [2.05, 4.69) is 36.2 Å². The molecule has 0 saturated carbocycles. The average molecular weight is 277 g/mol. The van der Waals surface area contributed by atoms with E-state index in [-0.39, 0.29) is 5.82 Å². The maximum Gasteiger partial charge on any atom is 0.123 e. The van der Waals surface area contributed by atoms with Crippen molar-refractivity contribution in [2.75, 3.05) is 0 Å². The maximum absolute atomic E-state index is 13.5. The van der Waals surface area contributed by atoms with Gasteiger partial charge in [0.1, 0.15) is 5.82 Å². The number of rotatable bonds is 3. The fourth-order valence-electron chi connectivity index (χ4n) is 2.42. The summed E-state index contributed by atoms with van der Waals surface area (Å²) in [7, 11) is 0. The van der Waals surface area contributed by atoms with Gasteiger partial charge in [-0.2, -0.15) is 0 Å². The highest BCUT2D eigenvalue weighted by molar-refractivity contribution is 5.80. The Labute approximate surface area is 124 Å². The molecule has 21 heavy (non-hydrogen) atoms. The summed E-state index contributed by atoms with van der Waals surface area (Å²) in [5, 5.41) is 0. The Morgan fingerprint density at radius 1 is 0.905 bits per heavy atom. The van der Waals surface area contributed by atoms with E-state index in [0.29, 0.717) is 0 Å². The van der Waals surface area contributed by atoms with Crippen LogP contribution in [0.2, 0.25) is 0 Å². The van der Waals surface area contributed by atoms with E-state index in [1.807, 2.05) is 18.2 Å². The van der Waals surface area contributed by atoms with Crippen LogP contribution in [0.1, 0.15) is 12.5 Å². The van der Waals surface area contributed by atoms with Gasteiger partial charge >= 0.3 is 0 Å². The lowest BCUT2D eigenvalue weighted by Crippen LogP contribution is -1.90. The Kier molecular flexibility index (Phi) is 3.78. The Hall–Kier alpha value is -2.48. The van der Waals surface area contributed by atoms with Crippen molar-refractivity contribution in [1.29, 1.82) is 0 Å². The van der Waals surface area contributed by atoms with Gasteiger partial charge in [-0.3, -0.25) is 4.98 Å². The zero-order chi connectivity index (χ0) is 14.7. The minimum absolute atomic E-state index is 0.245. The maximum atomic E-state index is 13.5. The molecule has 1 nitrogen and oxygen atoms in total. The standard InChI is InChI=1S/C19H16FN/c1-2-14-8-10-15(11-9-14)18-7-4-12-21-19(18)16-5-3-6-17(20)13-16/h3-13H,2H2,1H3. The van der Waals surface area contributed by atoms with E-state index in [9.17, 15) is 4.39 Å². The fraction of sp³-hybridized carbons (Fsp3) is 0.105. The third kappa shape index (κ3) is 2.84. The van der Waals surface area contributed by atoms with Gasteiger partial charge in [-0.15, -0.1) is 0 Å². The molecule has 0 fully saturated rings. The van der Waals surface area contributed by atoms with Gasteiger partial charge in [0.05, 0.1) is 5.69 Å². The highest BCUT2D eigenvalue weighted by Gasteiger charge is 2.09. The molecule has 0 aliphatic rings. The summed E-state index contributed by atoms with van der Waals surface area (Å²) >= 11 is 0. The van der Waals surface area contributed by atoms with Gasteiger partial charge < -0.3 is 0 Å². The molecule has 0 unspecified atom stereocenters. The first-order chi connectivity index (χ1) is 10.3. The van der Waals surface area contributed by atoms with Crippen molar-refractivity contribution in [3.63, 3.8) is 0 Å². The lowest BCUT2D eigenvalue weighted by Gasteiger charge is -2.09. The van der Waals surface area contributed by atoms with E-state index >= 15 is 0 Å². The summed E-state index contributed by atoms with van der Waals surface area (Å²) < 4.78 is 13.5. The van der Waals surface area contributed by atoms with Crippen molar-refractivity contribution in [3.05, 3.63) is 78.2 Å². The van der Waals surface area contributed by atoms with Gasteiger partial charge in [-0.1, -0.05) is 49.4 Å². The predicted molar refractivity (Wildman–Crippen MR) is 84.4 cm³/mol. The number of hydrogen-bond acceptors (Lipinski definition) is 1. The first kappa shape index (κ1) is 13.5. The third-order valence-electron chi connectivity index (χ3n) is 3.58. The molecule has 0 aliphatic carbocycles. The van der Waals surface area contributed by atoms with Crippen molar-refractivity contribution < 1.29 is 4.39 Å². The van der Waals surface area contributed by atoms with Crippen molar-refractivity contribution in [1.82, 2.24) is 4.98 Å². The number of aromatic nitrogens is 1. The van der Waals surface area contributed by atoms with Crippen molar-refractivity contribution in [3.8, 4) is 22.4 Å². The summed E-state index contributed by atoms with van der Waals surface area (Å²) in [6, 6.07) is 18.9. The van der Waals surface area contributed by atoms with E-state index in [1.165, 1.54) is 17.7 Å². The number of halogens is 1. The molecule has 2 aromatic carbocycles. The number of benzene rings is 2. The Morgan fingerprint density at radius 3 is 2.43 bits per heavy atom. The van der Waals surface area contributed by atoms with Crippen LogP contribution < -0.4 is 0 Å². The van der Waals surface area contributed by atoms with Crippen LogP contribution in [0.4, 0.5) is 4.39 Å². The molecule has 0 N–H and O–H groups in total. The lowest BCUT2D eigenvalue weighted by atomic mass is 9.98. The molecule has 0 spiro atoms. The fourth-order valence-corrected chi connectivity index (χ4v) is 2.42. The predicted octanol–water partition coefficient (Wildman–Crippen LogP) is 5.12. The first-order valence-electron chi connectivity index (χ1n) is 7.08. The van der Waals surface area contributed by atoms with E-state index in [4.69, 9.17) is 0 Å². The largest absolute Gasteiger partial charge is 0.256 e. The quantitative estimate of drug-likeness (QED) is 0.647. The smallest absolute Gasteiger partial charge is 0.123 e. The SMILES string of the molecule is CCc1ccc(-c2cccnc2-c2cccc(F)c2)cc1. The molecule has 0 atom stereocenters. The second kappa shape index (κ2) is 5.88. The number of pyridine rings is 1. The summed E-state index contributed by atoms with van der Waals surface area (Å²) in [4.78, 5) is 4.44. The molecule has 1 aromatic heterocycles. The van der Waals surface area contributed by atoms with E-state index < -0.39 is 0 Å². The monoisotopic (exact) mass is 277 g/mol. The second-order valence-corrected chi connectivity index (χ2v) is 4.96. The number of aryl methyl sites for hydroxylation is 1. The molecule has 3 rings (SSSR count). The highest BCUT2D eigenvalue weighted by atomic mass is 19.1. The van der Waals surface area contributed by atoms with Gasteiger partial charge in [0.2, 0.25) is 0 Å². The zero-order valence-electron chi connectivity index (χ0n) is 11.9. The first-order valence-corrected chi connectivity index (χ1v) is 7.08. The average Bonchev–Trinajstić information content (AvgIpc) is 2.55. The summed E-state index contributed by atoms with van der Waals surface area (Å²) in [5.74, 6) is -0.245. The third-order valence-corrected chi connectivity index (χ3v) is 3.58. The van der Waals surface area contributed by atoms with Crippen molar-refractivity contribution in [2.24, 2.45) is 0 Å². The van der Waals surface area contributed by atoms with E-state index in [1.54, 1.807) is 12.3 Å². The summed E-state index contributed by atoms with van der Waals surface area (Å²) in [6.45, 7) is 2.14. The molecule has 0 aliphatic heterocycles. The number of hydrogen-bond donors (Lipinski definition) is 0.